The van der Waals surface area contributed by atoms with Crippen molar-refractivity contribution >= 4 is 33.3 Å². The van der Waals surface area contributed by atoms with Gasteiger partial charge in [0.2, 0.25) is 0 Å². The minimum Gasteiger partial charge on any atom is -0.476 e. The van der Waals surface area contributed by atoms with Gasteiger partial charge in [0.25, 0.3) is 5.69 Å². The summed E-state index contributed by atoms with van der Waals surface area (Å²) in [7, 11) is 0. The van der Waals surface area contributed by atoms with Crippen LogP contribution >= 0.6 is 15.9 Å². The summed E-state index contributed by atoms with van der Waals surface area (Å²) in [6, 6.07) is 4.58. The Kier molecular flexibility index (Phi) is 4.48. The van der Waals surface area contributed by atoms with E-state index in [1.54, 1.807) is 12.1 Å². The molecule has 2 aromatic rings. The number of rotatable bonds is 6. The lowest BCUT2D eigenvalue weighted by Gasteiger charge is -2.07. The first-order valence-corrected chi connectivity index (χ1v) is 6.58. The van der Waals surface area contributed by atoms with Gasteiger partial charge in [0.1, 0.15) is 5.69 Å². The van der Waals surface area contributed by atoms with Crippen LogP contribution in [0.15, 0.2) is 28.9 Å². The van der Waals surface area contributed by atoms with Gasteiger partial charge < -0.3 is 10.4 Å². The lowest BCUT2D eigenvalue weighted by molar-refractivity contribution is -0.384. The fraction of sp³-hybridized carbons (Fsp3) is 0.182. The van der Waals surface area contributed by atoms with Gasteiger partial charge in [0.15, 0.2) is 5.69 Å². The summed E-state index contributed by atoms with van der Waals surface area (Å²) in [4.78, 5) is 21.1. The highest BCUT2D eigenvalue weighted by molar-refractivity contribution is 9.10. The zero-order valence-electron chi connectivity index (χ0n) is 10.6. The molecule has 2 rings (SSSR count). The Morgan fingerprint density at radius 2 is 2.29 bits per heavy atom. The number of aromatic carboxylic acids is 1. The zero-order valence-corrected chi connectivity index (χ0v) is 12.1. The highest BCUT2D eigenvalue weighted by atomic mass is 79.9. The third-order valence-corrected chi connectivity index (χ3v) is 3.06. The maximum atomic E-state index is 10.9. The molecule has 1 aromatic heterocycles. The van der Waals surface area contributed by atoms with Crippen LogP contribution in [0, 0.1) is 10.1 Å². The smallest absolute Gasteiger partial charge is 0.358 e. The summed E-state index contributed by atoms with van der Waals surface area (Å²) >= 11 is 3.25. The van der Waals surface area contributed by atoms with Crippen molar-refractivity contribution in [2.45, 2.75) is 6.54 Å². The minimum atomic E-state index is -1.16. The van der Waals surface area contributed by atoms with Crippen molar-refractivity contribution in [1.82, 2.24) is 15.0 Å². The monoisotopic (exact) mass is 355 g/mol. The average molecular weight is 356 g/mol. The first kappa shape index (κ1) is 14.9. The van der Waals surface area contributed by atoms with E-state index in [1.807, 2.05) is 0 Å². The molecule has 0 saturated carbocycles. The van der Waals surface area contributed by atoms with Gasteiger partial charge in [0.05, 0.1) is 17.7 Å². The molecule has 0 fully saturated rings. The molecule has 2 N–H and O–H groups in total. The van der Waals surface area contributed by atoms with Crippen LogP contribution in [0.1, 0.15) is 10.5 Å². The number of benzene rings is 1. The van der Waals surface area contributed by atoms with E-state index in [0.717, 1.165) is 0 Å². The van der Waals surface area contributed by atoms with Crippen molar-refractivity contribution in [2.24, 2.45) is 0 Å². The maximum Gasteiger partial charge on any atom is 0.358 e. The predicted molar refractivity (Wildman–Crippen MR) is 76.3 cm³/mol. The third-order valence-electron chi connectivity index (χ3n) is 2.57. The van der Waals surface area contributed by atoms with Crippen LogP contribution in [0.5, 0.6) is 0 Å². The van der Waals surface area contributed by atoms with Gasteiger partial charge in [-0.1, -0.05) is 21.1 Å². The van der Waals surface area contributed by atoms with Gasteiger partial charge in [-0.2, -0.15) is 0 Å². The second-order valence-corrected chi connectivity index (χ2v) is 4.93. The minimum absolute atomic E-state index is 0.0389. The van der Waals surface area contributed by atoms with E-state index in [9.17, 15) is 14.9 Å². The highest BCUT2D eigenvalue weighted by Crippen LogP contribution is 2.27. The standard InChI is InChI=1S/C11H10BrN5O4/c12-7-1-2-10(17(20)21)8(5-7)13-3-4-16-6-9(11(18)19)14-15-16/h1-2,5-6,13H,3-4H2,(H,18,19). The number of hydrogen-bond donors (Lipinski definition) is 2. The maximum absolute atomic E-state index is 10.9. The Morgan fingerprint density at radius 3 is 2.90 bits per heavy atom. The number of nitrogens with zero attached hydrogens (tertiary/aromatic N) is 4. The van der Waals surface area contributed by atoms with Gasteiger partial charge in [-0.15, -0.1) is 5.10 Å². The molecule has 21 heavy (non-hydrogen) atoms. The predicted octanol–water partition coefficient (Wildman–Crippen LogP) is 1.76. The number of aromatic nitrogens is 3. The Bertz CT molecular complexity index is 687. The third kappa shape index (κ3) is 3.75. The Labute approximate surface area is 126 Å². The van der Waals surface area contributed by atoms with Crippen LogP contribution in [0.2, 0.25) is 0 Å². The zero-order chi connectivity index (χ0) is 15.4. The highest BCUT2D eigenvalue weighted by Gasteiger charge is 2.13. The Morgan fingerprint density at radius 1 is 1.52 bits per heavy atom. The summed E-state index contributed by atoms with van der Waals surface area (Å²) in [6.45, 7) is 0.656. The molecule has 9 nitrogen and oxygen atoms in total. The van der Waals surface area contributed by atoms with Crippen molar-refractivity contribution in [3.05, 3.63) is 44.7 Å². The molecular formula is C11H10BrN5O4. The van der Waals surface area contributed by atoms with Gasteiger partial charge in [-0.25, -0.2) is 9.48 Å². The second kappa shape index (κ2) is 6.31. The number of nitro benzene ring substituents is 1. The van der Waals surface area contributed by atoms with Crippen LogP contribution in [-0.4, -0.2) is 37.5 Å². The van der Waals surface area contributed by atoms with Crippen LogP contribution in [0.25, 0.3) is 0 Å². The SMILES string of the molecule is O=C(O)c1cn(CCNc2cc(Br)ccc2[N+](=O)[O-])nn1. The summed E-state index contributed by atoms with van der Waals surface area (Å²) in [5.41, 5.74) is 0.180. The van der Waals surface area contributed by atoms with Gasteiger partial charge in [0, 0.05) is 17.1 Å². The molecule has 0 radical (unpaired) electrons. The van der Waals surface area contributed by atoms with E-state index < -0.39 is 10.9 Å². The number of carboxylic acid groups (broad SMARTS) is 1. The average Bonchev–Trinajstić information content (AvgIpc) is 2.87. The normalized spacial score (nSPS) is 10.3. The molecule has 0 aliphatic rings. The number of nitro groups is 1. The second-order valence-electron chi connectivity index (χ2n) is 4.02. The molecular weight excluding hydrogens is 346 g/mol. The van der Waals surface area contributed by atoms with Crippen molar-refractivity contribution in [3.8, 4) is 0 Å². The summed E-state index contributed by atoms with van der Waals surface area (Å²) in [5, 5.41) is 29.7. The molecule has 1 heterocycles. The Balaban J connectivity index is 2.01. The molecule has 1 aromatic carbocycles. The first-order valence-electron chi connectivity index (χ1n) is 5.78. The molecule has 0 unspecified atom stereocenters. The van der Waals surface area contributed by atoms with E-state index in [-0.39, 0.29) is 11.4 Å². The Hall–Kier alpha value is -2.49. The molecule has 0 aliphatic carbocycles. The van der Waals surface area contributed by atoms with E-state index in [1.165, 1.54) is 16.9 Å². The van der Waals surface area contributed by atoms with Gasteiger partial charge >= 0.3 is 5.97 Å². The largest absolute Gasteiger partial charge is 0.476 e. The van der Waals surface area contributed by atoms with E-state index >= 15 is 0 Å². The van der Waals surface area contributed by atoms with Crippen LogP contribution < -0.4 is 5.32 Å². The quantitative estimate of drug-likeness (QED) is 0.597. The van der Waals surface area contributed by atoms with Crippen molar-refractivity contribution in [2.75, 3.05) is 11.9 Å². The number of hydrogen-bond acceptors (Lipinski definition) is 6. The fourth-order valence-electron chi connectivity index (χ4n) is 1.62. The summed E-state index contributed by atoms with van der Waals surface area (Å²) in [6.07, 6.45) is 1.29. The van der Waals surface area contributed by atoms with Crippen LogP contribution in [-0.2, 0) is 6.54 Å². The number of carboxylic acids is 1. The number of nitrogens with one attached hydrogen (secondary N) is 1. The first-order chi connectivity index (χ1) is 9.97. The number of carbonyl (C=O) groups is 1. The van der Waals surface area contributed by atoms with E-state index in [4.69, 9.17) is 5.11 Å². The van der Waals surface area contributed by atoms with Crippen molar-refractivity contribution < 1.29 is 14.8 Å². The van der Waals surface area contributed by atoms with Crippen LogP contribution in [0.4, 0.5) is 11.4 Å². The lowest BCUT2D eigenvalue weighted by Crippen LogP contribution is -2.12. The summed E-state index contributed by atoms with van der Waals surface area (Å²) in [5.74, 6) is -1.16. The van der Waals surface area contributed by atoms with E-state index in [0.29, 0.717) is 23.2 Å². The molecule has 0 amide bonds. The molecule has 0 aliphatic heterocycles. The van der Waals surface area contributed by atoms with Gasteiger partial charge in [-0.05, 0) is 12.1 Å². The van der Waals surface area contributed by atoms with Crippen molar-refractivity contribution in [3.63, 3.8) is 0 Å². The molecule has 0 spiro atoms. The number of anilines is 1. The van der Waals surface area contributed by atoms with Crippen molar-refractivity contribution in [1.29, 1.82) is 0 Å². The van der Waals surface area contributed by atoms with Crippen LogP contribution in [0.3, 0.4) is 0 Å². The molecule has 0 saturated heterocycles. The molecule has 10 heteroatoms. The summed E-state index contributed by atoms with van der Waals surface area (Å²) < 4.78 is 2.06. The van der Waals surface area contributed by atoms with Gasteiger partial charge in [-0.3, -0.25) is 10.1 Å². The topological polar surface area (TPSA) is 123 Å². The molecule has 0 bridgehead atoms. The van der Waals surface area contributed by atoms with E-state index in [2.05, 4.69) is 31.6 Å². The molecule has 0 atom stereocenters. The lowest BCUT2D eigenvalue weighted by atomic mass is 10.2. The fourth-order valence-corrected chi connectivity index (χ4v) is 1.98. The molecule has 110 valence electrons. The number of halogens is 1.